The number of hydrogen-bond acceptors (Lipinski definition) is 2. The Kier molecular flexibility index (Phi) is 1.90. The lowest BCUT2D eigenvalue weighted by molar-refractivity contribution is 0.530. The molecule has 12 heavy (non-hydrogen) atoms. The molecule has 0 amide bonds. The molecule has 2 nitrogen and oxygen atoms in total. The van der Waals surface area contributed by atoms with Crippen LogP contribution in [0.3, 0.4) is 0 Å². The SMILES string of the molecule is [CH](c1ccccc1)c1ncco1. The van der Waals surface area contributed by atoms with Gasteiger partial charge in [-0.1, -0.05) is 30.3 Å². The first-order valence-corrected chi connectivity index (χ1v) is 3.74. The molecule has 0 N–H and O–H groups in total. The molecule has 1 aromatic carbocycles. The van der Waals surface area contributed by atoms with E-state index in [0.717, 1.165) is 5.56 Å². The lowest BCUT2D eigenvalue weighted by atomic mass is 10.2. The molecular weight excluding hydrogens is 150 g/mol. The fraction of sp³-hybridized carbons (Fsp3) is 0. The highest BCUT2D eigenvalue weighted by Crippen LogP contribution is 2.08. The van der Waals surface area contributed by atoms with Crippen molar-refractivity contribution in [1.82, 2.24) is 4.98 Å². The van der Waals surface area contributed by atoms with E-state index in [1.165, 1.54) is 0 Å². The van der Waals surface area contributed by atoms with Crippen molar-refractivity contribution in [1.29, 1.82) is 0 Å². The second kappa shape index (κ2) is 3.22. The summed E-state index contributed by atoms with van der Waals surface area (Å²) in [5.41, 5.74) is 1.10. The van der Waals surface area contributed by atoms with E-state index in [2.05, 4.69) is 4.98 Å². The van der Waals surface area contributed by atoms with E-state index in [4.69, 9.17) is 4.42 Å². The smallest absolute Gasteiger partial charge is 0.202 e. The van der Waals surface area contributed by atoms with Gasteiger partial charge in [-0.15, -0.1) is 0 Å². The molecule has 0 aliphatic carbocycles. The Morgan fingerprint density at radius 3 is 2.67 bits per heavy atom. The molecule has 2 heteroatoms. The first-order chi connectivity index (χ1) is 5.95. The lowest BCUT2D eigenvalue weighted by Gasteiger charge is -1.93. The zero-order chi connectivity index (χ0) is 8.23. The topological polar surface area (TPSA) is 26.0 Å². The van der Waals surface area contributed by atoms with E-state index in [0.29, 0.717) is 5.89 Å². The molecule has 1 aromatic heterocycles. The van der Waals surface area contributed by atoms with Crippen LogP contribution in [0.1, 0.15) is 11.5 Å². The van der Waals surface area contributed by atoms with Crippen LogP contribution in [0.25, 0.3) is 0 Å². The van der Waals surface area contributed by atoms with Crippen LogP contribution >= 0.6 is 0 Å². The molecule has 0 aliphatic rings. The van der Waals surface area contributed by atoms with Crippen LogP contribution in [0, 0.1) is 6.42 Å². The van der Waals surface area contributed by atoms with Gasteiger partial charge in [0.1, 0.15) is 6.26 Å². The predicted octanol–water partition coefficient (Wildman–Crippen LogP) is 2.28. The normalized spacial score (nSPS) is 10.0. The quantitative estimate of drug-likeness (QED) is 0.670. The molecule has 0 saturated carbocycles. The number of nitrogens with zero attached hydrogens (tertiary/aromatic N) is 1. The number of oxazole rings is 1. The second-order valence-corrected chi connectivity index (χ2v) is 2.43. The molecule has 1 heterocycles. The van der Waals surface area contributed by atoms with Crippen molar-refractivity contribution >= 4 is 0 Å². The molecule has 0 fully saturated rings. The highest BCUT2D eigenvalue weighted by molar-refractivity contribution is 5.28. The maximum Gasteiger partial charge on any atom is 0.202 e. The van der Waals surface area contributed by atoms with Crippen LogP contribution in [-0.4, -0.2) is 4.98 Å². The first-order valence-electron chi connectivity index (χ1n) is 3.74. The molecule has 0 atom stereocenters. The summed E-state index contributed by atoms with van der Waals surface area (Å²) in [6.45, 7) is 0. The average Bonchev–Trinajstić information content (AvgIpc) is 2.59. The standard InChI is InChI=1S/C10H8NO/c1-2-4-9(5-3-1)8-10-11-6-7-12-10/h1-8H. The van der Waals surface area contributed by atoms with Crippen LogP contribution in [0.4, 0.5) is 0 Å². The molecular formula is C10H8NO. The minimum Gasteiger partial charge on any atom is -0.448 e. The fourth-order valence-electron chi connectivity index (χ4n) is 0.998. The number of aromatic nitrogens is 1. The Morgan fingerprint density at radius 1 is 1.17 bits per heavy atom. The molecule has 0 aliphatic heterocycles. The summed E-state index contributed by atoms with van der Waals surface area (Å²) in [6, 6.07) is 9.95. The Labute approximate surface area is 70.9 Å². The van der Waals surface area contributed by atoms with Crippen LogP contribution in [0.2, 0.25) is 0 Å². The van der Waals surface area contributed by atoms with Crippen molar-refractivity contribution in [3.05, 3.63) is 60.7 Å². The molecule has 1 radical (unpaired) electrons. The van der Waals surface area contributed by atoms with Crippen molar-refractivity contribution in [2.75, 3.05) is 0 Å². The summed E-state index contributed by atoms with van der Waals surface area (Å²) < 4.78 is 5.07. The van der Waals surface area contributed by atoms with Gasteiger partial charge in [0.05, 0.1) is 12.6 Å². The third-order valence-corrected chi connectivity index (χ3v) is 1.54. The zero-order valence-corrected chi connectivity index (χ0v) is 6.47. The number of hydrogen-bond donors (Lipinski definition) is 0. The van der Waals surface area contributed by atoms with Gasteiger partial charge in [0.2, 0.25) is 5.89 Å². The number of benzene rings is 1. The highest BCUT2D eigenvalue weighted by atomic mass is 16.3. The van der Waals surface area contributed by atoms with Crippen molar-refractivity contribution in [3.8, 4) is 0 Å². The Hall–Kier alpha value is -1.57. The second-order valence-electron chi connectivity index (χ2n) is 2.43. The molecule has 0 spiro atoms. The van der Waals surface area contributed by atoms with E-state index in [1.54, 1.807) is 12.5 Å². The van der Waals surface area contributed by atoms with Gasteiger partial charge in [0.25, 0.3) is 0 Å². The summed E-state index contributed by atoms with van der Waals surface area (Å²) in [6.07, 6.45) is 5.09. The summed E-state index contributed by atoms with van der Waals surface area (Å²) in [5, 5.41) is 0. The molecule has 2 aromatic rings. The lowest BCUT2D eigenvalue weighted by Crippen LogP contribution is -1.82. The Balaban J connectivity index is 2.15. The third kappa shape index (κ3) is 1.53. The van der Waals surface area contributed by atoms with Crippen LogP contribution < -0.4 is 0 Å². The van der Waals surface area contributed by atoms with Gasteiger partial charge in [-0.05, 0) is 5.56 Å². The Morgan fingerprint density at radius 2 is 2.00 bits per heavy atom. The molecule has 2 rings (SSSR count). The largest absolute Gasteiger partial charge is 0.448 e. The Bertz CT molecular complexity index is 326. The first kappa shape index (κ1) is 7.10. The van der Waals surface area contributed by atoms with Crippen LogP contribution in [0.15, 0.2) is 47.2 Å². The minimum absolute atomic E-state index is 0.640. The number of rotatable bonds is 2. The van der Waals surface area contributed by atoms with Crippen molar-refractivity contribution in [3.63, 3.8) is 0 Å². The zero-order valence-electron chi connectivity index (χ0n) is 6.47. The van der Waals surface area contributed by atoms with E-state index in [9.17, 15) is 0 Å². The third-order valence-electron chi connectivity index (χ3n) is 1.54. The van der Waals surface area contributed by atoms with Gasteiger partial charge in [-0.25, -0.2) is 4.98 Å². The van der Waals surface area contributed by atoms with E-state index in [1.807, 2.05) is 36.8 Å². The van der Waals surface area contributed by atoms with Crippen LogP contribution in [0.5, 0.6) is 0 Å². The van der Waals surface area contributed by atoms with E-state index >= 15 is 0 Å². The monoisotopic (exact) mass is 158 g/mol. The van der Waals surface area contributed by atoms with Gasteiger partial charge in [-0.2, -0.15) is 0 Å². The van der Waals surface area contributed by atoms with Gasteiger partial charge in [0.15, 0.2) is 0 Å². The highest BCUT2D eigenvalue weighted by Gasteiger charge is 1.98. The van der Waals surface area contributed by atoms with Gasteiger partial charge < -0.3 is 4.42 Å². The van der Waals surface area contributed by atoms with Crippen LogP contribution in [-0.2, 0) is 0 Å². The molecule has 0 saturated heterocycles. The summed E-state index contributed by atoms with van der Waals surface area (Å²) in [5.74, 6) is 0.640. The van der Waals surface area contributed by atoms with Crippen molar-refractivity contribution in [2.45, 2.75) is 0 Å². The average molecular weight is 158 g/mol. The predicted molar refractivity (Wildman–Crippen MR) is 45.4 cm³/mol. The summed E-state index contributed by atoms with van der Waals surface area (Å²) >= 11 is 0. The minimum atomic E-state index is 0.640. The van der Waals surface area contributed by atoms with Crippen molar-refractivity contribution in [2.24, 2.45) is 0 Å². The van der Waals surface area contributed by atoms with Gasteiger partial charge in [0, 0.05) is 0 Å². The molecule has 0 unspecified atom stereocenters. The van der Waals surface area contributed by atoms with Gasteiger partial charge in [-0.3, -0.25) is 0 Å². The maximum absolute atomic E-state index is 5.07. The van der Waals surface area contributed by atoms with E-state index < -0.39 is 0 Å². The maximum atomic E-state index is 5.07. The summed E-state index contributed by atoms with van der Waals surface area (Å²) in [7, 11) is 0. The fourth-order valence-corrected chi connectivity index (χ4v) is 0.998. The molecule has 59 valence electrons. The van der Waals surface area contributed by atoms with Gasteiger partial charge >= 0.3 is 0 Å². The molecule has 0 bridgehead atoms. The van der Waals surface area contributed by atoms with Crippen molar-refractivity contribution < 1.29 is 4.42 Å². The van der Waals surface area contributed by atoms with E-state index in [-0.39, 0.29) is 0 Å². The summed E-state index contributed by atoms with van der Waals surface area (Å²) in [4.78, 5) is 3.99.